The fourth-order valence-electron chi connectivity index (χ4n) is 2.67. The molecule has 0 aliphatic carbocycles. The van der Waals surface area contributed by atoms with E-state index < -0.39 is 0 Å². The predicted molar refractivity (Wildman–Crippen MR) is 94.4 cm³/mol. The average Bonchev–Trinajstić information content (AvgIpc) is 2.93. The molecule has 0 aliphatic rings. The second-order valence-corrected chi connectivity index (χ2v) is 5.67. The Morgan fingerprint density at radius 3 is 2.58 bits per heavy atom. The minimum absolute atomic E-state index is 0.0668. The van der Waals surface area contributed by atoms with Crippen molar-refractivity contribution in [1.82, 2.24) is 9.55 Å². The number of ketones is 1. The van der Waals surface area contributed by atoms with Gasteiger partial charge in [-0.1, -0.05) is 31.2 Å². The van der Waals surface area contributed by atoms with E-state index >= 15 is 0 Å². The second kappa shape index (κ2) is 6.66. The predicted octanol–water partition coefficient (Wildman–Crippen LogP) is 3.90. The molecule has 3 rings (SSSR count). The number of imidazole rings is 1. The van der Waals surface area contributed by atoms with E-state index in [0.29, 0.717) is 17.1 Å². The summed E-state index contributed by atoms with van der Waals surface area (Å²) in [5, 5.41) is 2.87. The summed E-state index contributed by atoms with van der Waals surface area (Å²) < 4.78 is 2.00. The van der Waals surface area contributed by atoms with Crippen LogP contribution in [0.4, 0.5) is 5.95 Å². The Bertz CT molecular complexity index is 912. The Morgan fingerprint density at radius 1 is 1.08 bits per heavy atom. The van der Waals surface area contributed by atoms with E-state index in [2.05, 4.69) is 17.2 Å². The van der Waals surface area contributed by atoms with Crippen LogP contribution in [0.3, 0.4) is 0 Å². The van der Waals surface area contributed by atoms with E-state index in [-0.39, 0.29) is 11.7 Å². The van der Waals surface area contributed by atoms with Crippen molar-refractivity contribution < 1.29 is 9.59 Å². The van der Waals surface area contributed by atoms with Gasteiger partial charge in [-0.2, -0.15) is 0 Å². The molecule has 1 heterocycles. The lowest BCUT2D eigenvalue weighted by Gasteiger charge is -2.09. The number of hydrogen-bond acceptors (Lipinski definition) is 3. The van der Waals surface area contributed by atoms with Crippen LogP contribution in [-0.2, 0) is 6.54 Å². The van der Waals surface area contributed by atoms with Gasteiger partial charge < -0.3 is 4.57 Å². The largest absolute Gasteiger partial charge is 0.310 e. The van der Waals surface area contributed by atoms with Crippen LogP contribution in [-0.4, -0.2) is 21.2 Å². The fraction of sp³-hybridized carbons (Fsp3) is 0.211. The first-order chi connectivity index (χ1) is 11.6. The summed E-state index contributed by atoms with van der Waals surface area (Å²) in [5.74, 6) is 0.185. The molecule has 0 saturated carbocycles. The maximum atomic E-state index is 12.5. The number of hydrogen-bond donors (Lipinski definition) is 1. The summed E-state index contributed by atoms with van der Waals surface area (Å²) in [7, 11) is 0. The van der Waals surface area contributed by atoms with E-state index in [4.69, 9.17) is 0 Å². The molecule has 0 radical (unpaired) electrons. The molecule has 0 fully saturated rings. The molecule has 0 spiro atoms. The quantitative estimate of drug-likeness (QED) is 0.725. The average molecular weight is 321 g/mol. The summed E-state index contributed by atoms with van der Waals surface area (Å²) in [6.45, 7) is 4.33. The number of anilines is 1. The summed E-state index contributed by atoms with van der Waals surface area (Å²) >= 11 is 0. The zero-order valence-corrected chi connectivity index (χ0v) is 13.7. The Labute approximate surface area is 140 Å². The molecule has 0 unspecified atom stereocenters. The molecule has 0 saturated heterocycles. The first kappa shape index (κ1) is 15.9. The van der Waals surface area contributed by atoms with Gasteiger partial charge in [0.25, 0.3) is 5.91 Å². The van der Waals surface area contributed by atoms with E-state index in [1.807, 2.05) is 28.8 Å². The van der Waals surface area contributed by atoms with Crippen LogP contribution in [0.25, 0.3) is 11.0 Å². The SMILES string of the molecule is CCCn1c(NC(=O)c2cccc(C(C)=O)c2)nc2ccccc21. The number of aromatic nitrogens is 2. The highest BCUT2D eigenvalue weighted by Crippen LogP contribution is 2.20. The van der Waals surface area contributed by atoms with Crippen LogP contribution in [0.5, 0.6) is 0 Å². The van der Waals surface area contributed by atoms with Gasteiger partial charge in [-0.05, 0) is 37.6 Å². The third kappa shape index (κ3) is 3.06. The van der Waals surface area contributed by atoms with Gasteiger partial charge in [0.05, 0.1) is 11.0 Å². The molecule has 0 atom stereocenters. The van der Waals surface area contributed by atoms with Crippen molar-refractivity contribution in [2.75, 3.05) is 5.32 Å². The molecule has 122 valence electrons. The number of nitrogens with one attached hydrogen (secondary N) is 1. The number of Topliss-reactive ketones (excluding diaryl/α,β-unsaturated/α-hetero) is 1. The lowest BCUT2D eigenvalue weighted by Crippen LogP contribution is -2.16. The lowest BCUT2D eigenvalue weighted by atomic mass is 10.1. The maximum absolute atomic E-state index is 12.5. The summed E-state index contributed by atoms with van der Waals surface area (Å²) in [4.78, 5) is 28.6. The van der Waals surface area contributed by atoms with Crippen molar-refractivity contribution in [3.8, 4) is 0 Å². The Morgan fingerprint density at radius 2 is 1.83 bits per heavy atom. The topological polar surface area (TPSA) is 64.0 Å². The van der Waals surface area contributed by atoms with Crippen LogP contribution in [0.15, 0.2) is 48.5 Å². The van der Waals surface area contributed by atoms with Gasteiger partial charge >= 0.3 is 0 Å². The molecule has 2 aromatic carbocycles. The summed E-state index contributed by atoms with van der Waals surface area (Å²) in [6.07, 6.45) is 0.934. The summed E-state index contributed by atoms with van der Waals surface area (Å²) in [6, 6.07) is 14.5. The van der Waals surface area contributed by atoms with Crippen molar-refractivity contribution in [2.45, 2.75) is 26.8 Å². The van der Waals surface area contributed by atoms with E-state index in [1.54, 1.807) is 24.3 Å². The number of carbonyl (C=O) groups is 2. The highest BCUT2D eigenvalue weighted by Gasteiger charge is 2.14. The smallest absolute Gasteiger partial charge is 0.257 e. The molecule has 5 nitrogen and oxygen atoms in total. The number of carbonyl (C=O) groups excluding carboxylic acids is 2. The number of amides is 1. The molecule has 3 aromatic rings. The van der Waals surface area contributed by atoms with Crippen molar-refractivity contribution in [2.24, 2.45) is 0 Å². The molecule has 24 heavy (non-hydrogen) atoms. The zero-order chi connectivity index (χ0) is 17.1. The molecule has 1 N–H and O–H groups in total. The number of aryl methyl sites for hydroxylation is 1. The monoisotopic (exact) mass is 321 g/mol. The molecule has 0 aliphatic heterocycles. The van der Waals surface area contributed by atoms with Crippen molar-refractivity contribution >= 4 is 28.7 Å². The molecule has 1 amide bonds. The van der Waals surface area contributed by atoms with E-state index in [1.165, 1.54) is 6.92 Å². The molecule has 1 aromatic heterocycles. The molecular weight excluding hydrogens is 302 g/mol. The number of rotatable bonds is 5. The molecular formula is C19H19N3O2. The van der Waals surface area contributed by atoms with Crippen LogP contribution in [0, 0.1) is 0 Å². The first-order valence-electron chi connectivity index (χ1n) is 7.97. The third-order valence-electron chi connectivity index (χ3n) is 3.86. The number of nitrogens with zero attached hydrogens (tertiary/aromatic N) is 2. The number of benzene rings is 2. The van der Waals surface area contributed by atoms with Gasteiger partial charge in [0.15, 0.2) is 5.78 Å². The van der Waals surface area contributed by atoms with Crippen LogP contribution in [0.1, 0.15) is 41.0 Å². The van der Waals surface area contributed by atoms with Crippen LogP contribution < -0.4 is 5.32 Å². The minimum Gasteiger partial charge on any atom is -0.310 e. The highest BCUT2D eigenvalue weighted by atomic mass is 16.2. The van der Waals surface area contributed by atoms with Crippen molar-refractivity contribution in [3.63, 3.8) is 0 Å². The fourth-order valence-corrected chi connectivity index (χ4v) is 2.67. The van der Waals surface area contributed by atoms with E-state index in [0.717, 1.165) is 24.0 Å². The van der Waals surface area contributed by atoms with Crippen molar-refractivity contribution in [3.05, 3.63) is 59.7 Å². The van der Waals surface area contributed by atoms with Gasteiger partial charge in [0.2, 0.25) is 5.95 Å². The minimum atomic E-state index is -0.272. The van der Waals surface area contributed by atoms with Gasteiger partial charge in [-0.15, -0.1) is 0 Å². The second-order valence-electron chi connectivity index (χ2n) is 5.67. The van der Waals surface area contributed by atoms with Gasteiger partial charge in [-0.25, -0.2) is 4.98 Å². The number of fused-ring (bicyclic) bond motifs is 1. The van der Waals surface area contributed by atoms with E-state index in [9.17, 15) is 9.59 Å². The first-order valence-corrected chi connectivity index (χ1v) is 7.97. The van der Waals surface area contributed by atoms with Crippen molar-refractivity contribution in [1.29, 1.82) is 0 Å². The third-order valence-corrected chi connectivity index (χ3v) is 3.86. The molecule has 0 bridgehead atoms. The normalized spacial score (nSPS) is 10.8. The Balaban J connectivity index is 1.94. The van der Waals surface area contributed by atoms with Gasteiger partial charge in [0, 0.05) is 17.7 Å². The zero-order valence-electron chi connectivity index (χ0n) is 13.7. The van der Waals surface area contributed by atoms with Gasteiger partial charge in [-0.3, -0.25) is 14.9 Å². The van der Waals surface area contributed by atoms with Crippen LogP contribution >= 0.6 is 0 Å². The highest BCUT2D eigenvalue weighted by molar-refractivity contribution is 6.06. The van der Waals surface area contributed by atoms with Crippen LogP contribution in [0.2, 0.25) is 0 Å². The standard InChI is InChI=1S/C19H19N3O2/c1-3-11-22-17-10-5-4-9-16(17)20-19(22)21-18(24)15-8-6-7-14(12-15)13(2)23/h4-10,12H,3,11H2,1-2H3,(H,20,21,24). The molecule has 5 heteroatoms. The lowest BCUT2D eigenvalue weighted by molar-refractivity contribution is 0.101. The Hall–Kier alpha value is -2.95. The summed E-state index contributed by atoms with van der Waals surface area (Å²) in [5.41, 5.74) is 2.80. The van der Waals surface area contributed by atoms with Gasteiger partial charge in [0.1, 0.15) is 0 Å². The number of para-hydroxylation sites is 2. The Kier molecular flexibility index (Phi) is 4.42. The maximum Gasteiger partial charge on any atom is 0.257 e.